The summed E-state index contributed by atoms with van der Waals surface area (Å²) in [6, 6.07) is 0.263. The smallest absolute Gasteiger partial charge is 0.323 e. The molecule has 0 aromatic carbocycles. The van der Waals surface area contributed by atoms with Gasteiger partial charge in [0.25, 0.3) is 5.95 Å². The SMILES string of the molecule is CCOc1nc(NC)nc(-n2nc(C)nc2C)n1. The fourth-order valence-corrected chi connectivity index (χ4v) is 1.46. The van der Waals surface area contributed by atoms with Crippen LogP contribution in [0.4, 0.5) is 5.95 Å². The average Bonchev–Trinajstić information content (AvgIpc) is 2.68. The molecule has 0 spiro atoms. The van der Waals surface area contributed by atoms with E-state index in [-0.39, 0.29) is 6.01 Å². The van der Waals surface area contributed by atoms with Gasteiger partial charge in [0.2, 0.25) is 5.95 Å². The molecule has 2 aromatic heterocycles. The van der Waals surface area contributed by atoms with Gasteiger partial charge in [-0.05, 0) is 20.8 Å². The fourth-order valence-electron chi connectivity index (χ4n) is 1.46. The molecule has 0 amide bonds. The summed E-state index contributed by atoms with van der Waals surface area (Å²) >= 11 is 0. The van der Waals surface area contributed by atoms with Gasteiger partial charge in [0, 0.05) is 7.05 Å². The average molecular weight is 249 g/mol. The largest absolute Gasteiger partial charge is 0.464 e. The van der Waals surface area contributed by atoms with Gasteiger partial charge >= 0.3 is 6.01 Å². The zero-order valence-corrected chi connectivity index (χ0v) is 10.8. The maximum atomic E-state index is 5.29. The van der Waals surface area contributed by atoms with Gasteiger partial charge in [0.1, 0.15) is 11.6 Å². The Kier molecular flexibility index (Phi) is 3.35. The number of rotatable bonds is 4. The first-order valence-electron chi connectivity index (χ1n) is 5.61. The number of hydrogen-bond acceptors (Lipinski definition) is 7. The Bertz CT molecular complexity index is 551. The highest BCUT2D eigenvalue weighted by Crippen LogP contribution is 2.11. The number of aryl methyl sites for hydroxylation is 2. The van der Waals surface area contributed by atoms with Crippen molar-refractivity contribution < 1.29 is 4.74 Å². The molecule has 2 heterocycles. The van der Waals surface area contributed by atoms with E-state index in [1.54, 1.807) is 11.7 Å². The Hall–Kier alpha value is -2.25. The summed E-state index contributed by atoms with van der Waals surface area (Å²) in [7, 11) is 1.73. The van der Waals surface area contributed by atoms with Crippen molar-refractivity contribution >= 4 is 5.95 Å². The van der Waals surface area contributed by atoms with Gasteiger partial charge in [-0.1, -0.05) is 0 Å². The van der Waals surface area contributed by atoms with Crippen molar-refractivity contribution in [3.63, 3.8) is 0 Å². The maximum absolute atomic E-state index is 5.29. The summed E-state index contributed by atoms with van der Waals surface area (Å²) in [5.74, 6) is 2.19. The molecule has 0 fully saturated rings. The molecule has 2 aromatic rings. The lowest BCUT2D eigenvalue weighted by Crippen LogP contribution is -2.11. The van der Waals surface area contributed by atoms with Gasteiger partial charge in [-0.15, -0.1) is 5.10 Å². The Morgan fingerprint density at radius 2 is 1.94 bits per heavy atom. The molecule has 1 N–H and O–H groups in total. The summed E-state index contributed by atoms with van der Waals surface area (Å²) in [6.07, 6.45) is 0. The molecular formula is C10H15N7O. The summed E-state index contributed by atoms with van der Waals surface area (Å²) in [5, 5.41) is 7.09. The molecule has 8 nitrogen and oxygen atoms in total. The second-order valence-electron chi connectivity index (χ2n) is 3.54. The van der Waals surface area contributed by atoms with Crippen LogP contribution in [0.5, 0.6) is 6.01 Å². The Morgan fingerprint density at radius 3 is 2.50 bits per heavy atom. The lowest BCUT2D eigenvalue weighted by molar-refractivity contribution is 0.311. The minimum absolute atomic E-state index is 0.263. The second kappa shape index (κ2) is 4.94. The number of ether oxygens (including phenoxy) is 1. The predicted octanol–water partition coefficient (Wildman–Crippen LogP) is 0.510. The number of hydrogen-bond donors (Lipinski definition) is 1. The van der Waals surface area contributed by atoms with E-state index in [1.807, 2.05) is 20.8 Å². The van der Waals surface area contributed by atoms with Crippen molar-refractivity contribution in [3.05, 3.63) is 11.6 Å². The van der Waals surface area contributed by atoms with Crippen LogP contribution in [0, 0.1) is 13.8 Å². The number of nitrogens with one attached hydrogen (secondary N) is 1. The maximum Gasteiger partial charge on any atom is 0.323 e. The third kappa shape index (κ3) is 2.36. The van der Waals surface area contributed by atoms with Crippen LogP contribution in [0.3, 0.4) is 0 Å². The zero-order chi connectivity index (χ0) is 13.1. The number of nitrogens with zero attached hydrogens (tertiary/aromatic N) is 6. The summed E-state index contributed by atoms with van der Waals surface area (Å²) in [6.45, 7) is 6.01. The first-order valence-corrected chi connectivity index (χ1v) is 5.61. The van der Waals surface area contributed by atoms with E-state index >= 15 is 0 Å². The molecular weight excluding hydrogens is 234 g/mol. The Morgan fingerprint density at radius 1 is 1.17 bits per heavy atom. The Balaban J connectivity index is 2.49. The molecule has 96 valence electrons. The minimum Gasteiger partial charge on any atom is -0.464 e. The highest BCUT2D eigenvalue weighted by molar-refractivity contribution is 5.29. The lowest BCUT2D eigenvalue weighted by Gasteiger charge is -2.06. The van der Waals surface area contributed by atoms with Crippen molar-refractivity contribution in [2.45, 2.75) is 20.8 Å². The topological polar surface area (TPSA) is 90.6 Å². The molecule has 8 heteroatoms. The lowest BCUT2D eigenvalue weighted by atomic mass is 10.7. The van der Waals surface area contributed by atoms with Crippen molar-refractivity contribution in [3.8, 4) is 12.0 Å². The van der Waals surface area contributed by atoms with Crippen LogP contribution in [0.1, 0.15) is 18.6 Å². The monoisotopic (exact) mass is 249 g/mol. The number of anilines is 1. The molecule has 0 saturated carbocycles. The van der Waals surface area contributed by atoms with Crippen molar-refractivity contribution in [1.82, 2.24) is 29.7 Å². The predicted molar refractivity (Wildman–Crippen MR) is 64.9 cm³/mol. The van der Waals surface area contributed by atoms with Gasteiger partial charge in [-0.25, -0.2) is 4.98 Å². The summed E-state index contributed by atoms with van der Waals surface area (Å²) < 4.78 is 6.85. The van der Waals surface area contributed by atoms with Crippen molar-refractivity contribution in [2.24, 2.45) is 0 Å². The van der Waals surface area contributed by atoms with E-state index in [0.717, 1.165) is 0 Å². The quantitative estimate of drug-likeness (QED) is 0.844. The molecule has 0 saturated heterocycles. The fraction of sp³-hybridized carbons (Fsp3) is 0.500. The van der Waals surface area contributed by atoms with Gasteiger partial charge in [-0.2, -0.15) is 19.6 Å². The third-order valence-corrected chi connectivity index (χ3v) is 2.16. The van der Waals surface area contributed by atoms with Crippen LogP contribution in [-0.2, 0) is 0 Å². The van der Waals surface area contributed by atoms with E-state index in [1.165, 1.54) is 0 Å². The van der Waals surface area contributed by atoms with Gasteiger partial charge in [-0.3, -0.25) is 0 Å². The van der Waals surface area contributed by atoms with E-state index in [9.17, 15) is 0 Å². The number of aromatic nitrogens is 6. The molecule has 0 radical (unpaired) electrons. The van der Waals surface area contributed by atoms with Crippen LogP contribution >= 0.6 is 0 Å². The van der Waals surface area contributed by atoms with E-state index in [0.29, 0.717) is 30.2 Å². The summed E-state index contributed by atoms with van der Waals surface area (Å²) in [5.41, 5.74) is 0. The third-order valence-electron chi connectivity index (χ3n) is 2.16. The van der Waals surface area contributed by atoms with Crippen LogP contribution in [0.25, 0.3) is 5.95 Å². The van der Waals surface area contributed by atoms with Crippen LogP contribution in [-0.4, -0.2) is 43.4 Å². The van der Waals surface area contributed by atoms with Crippen LogP contribution in [0.15, 0.2) is 0 Å². The molecule has 0 atom stereocenters. The zero-order valence-electron chi connectivity index (χ0n) is 10.8. The van der Waals surface area contributed by atoms with Crippen LogP contribution in [0.2, 0.25) is 0 Å². The highest BCUT2D eigenvalue weighted by atomic mass is 16.5. The molecule has 0 bridgehead atoms. The normalized spacial score (nSPS) is 10.4. The second-order valence-corrected chi connectivity index (χ2v) is 3.54. The van der Waals surface area contributed by atoms with Gasteiger partial charge < -0.3 is 10.1 Å². The molecule has 0 aliphatic carbocycles. The van der Waals surface area contributed by atoms with Crippen molar-refractivity contribution in [2.75, 3.05) is 19.0 Å². The van der Waals surface area contributed by atoms with E-state index in [2.05, 4.69) is 30.4 Å². The molecule has 18 heavy (non-hydrogen) atoms. The van der Waals surface area contributed by atoms with Gasteiger partial charge in [0.05, 0.1) is 6.61 Å². The minimum atomic E-state index is 0.263. The molecule has 0 aliphatic heterocycles. The highest BCUT2D eigenvalue weighted by Gasteiger charge is 2.12. The molecule has 0 aliphatic rings. The Labute approximate surface area is 104 Å². The summed E-state index contributed by atoms with van der Waals surface area (Å²) in [4.78, 5) is 16.7. The standard InChI is InChI=1S/C10H15N7O/c1-5-18-10-14-8(11-4)13-9(15-10)17-7(3)12-6(2)16-17/h5H2,1-4H3,(H,11,13,14,15). The van der Waals surface area contributed by atoms with Gasteiger partial charge in [0.15, 0.2) is 0 Å². The van der Waals surface area contributed by atoms with E-state index in [4.69, 9.17) is 4.74 Å². The molecule has 2 rings (SSSR count). The first kappa shape index (κ1) is 12.2. The van der Waals surface area contributed by atoms with E-state index < -0.39 is 0 Å². The first-order chi connectivity index (χ1) is 8.63. The molecule has 0 unspecified atom stereocenters. The van der Waals surface area contributed by atoms with Crippen molar-refractivity contribution in [1.29, 1.82) is 0 Å². The van der Waals surface area contributed by atoms with Crippen LogP contribution < -0.4 is 10.1 Å².